The van der Waals surface area contributed by atoms with Gasteiger partial charge in [-0.05, 0) is 55.4 Å². The van der Waals surface area contributed by atoms with Crippen molar-refractivity contribution in [1.82, 2.24) is 0 Å². The molecule has 0 radical (unpaired) electrons. The van der Waals surface area contributed by atoms with Crippen LogP contribution in [0.25, 0.3) is 10.8 Å². The molecule has 0 amide bonds. The van der Waals surface area contributed by atoms with E-state index in [2.05, 4.69) is 81.6 Å². The predicted molar refractivity (Wildman–Crippen MR) is 95.0 cm³/mol. The summed E-state index contributed by atoms with van der Waals surface area (Å²) < 4.78 is 0. The third kappa shape index (κ3) is 3.02. The van der Waals surface area contributed by atoms with Crippen LogP contribution < -0.4 is 4.90 Å². The van der Waals surface area contributed by atoms with Gasteiger partial charge in [-0.1, -0.05) is 49.4 Å². The monoisotopic (exact) mass is 279 g/mol. The summed E-state index contributed by atoms with van der Waals surface area (Å²) in [5.41, 5.74) is 4.01. The number of anilines is 1. The zero-order valence-corrected chi connectivity index (χ0v) is 13.6. The Labute approximate surface area is 128 Å². The van der Waals surface area contributed by atoms with Crippen molar-refractivity contribution in [2.24, 2.45) is 0 Å². The highest BCUT2D eigenvalue weighted by Crippen LogP contribution is 2.32. The van der Waals surface area contributed by atoms with Crippen LogP contribution in [0.2, 0.25) is 0 Å². The lowest BCUT2D eigenvalue weighted by Gasteiger charge is -2.20. The SMILES string of the molecule is C=CN(CC)c1ccc2cccc(C(C)/C(C)=C/C)c2c1. The predicted octanol–water partition coefficient (Wildman–Crippen LogP) is 5.88. The van der Waals surface area contributed by atoms with E-state index >= 15 is 0 Å². The van der Waals surface area contributed by atoms with Crippen molar-refractivity contribution in [3.63, 3.8) is 0 Å². The summed E-state index contributed by atoms with van der Waals surface area (Å²) in [5.74, 6) is 0.438. The summed E-state index contributed by atoms with van der Waals surface area (Å²) in [6, 6.07) is 13.2. The molecule has 1 unspecified atom stereocenters. The maximum atomic E-state index is 3.90. The van der Waals surface area contributed by atoms with E-state index in [9.17, 15) is 0 Å². The normalized spacial score (nSPS) is 13.2. The molecule has 110 valence electrons. The van der Waals surface area contributed by atoms with Crippen molar-refractivity contribution in [3.05, 3.63) is 66.4 Å². The molecule has 0 saturated carbocycles. The number of rotatable bonds is 5. The number of fused-ring (bicyclic) bond motifs is 1. The highest BCUT2D eigenvalue weighted by atomic mass is 15.1. The van der Waals surface area contributed by atoms with Gasteiger partial charge in [-0.25, -0.2) is 0 Å². The third-order valence-corrected chi connectivity index (χ3v) is 4.40. The number of benzene rings is 2. The second-order valence-electron chi connectivity index (χ2n) is 5.48. The molecule has 2 aromatic carbocycles. The Bertz CT molecular complexity index is 667. The molecule has 1 nitrogen and oxygen atoms in total. The third-order valence-electron chi connectivity index (χ3n) is 4.40. The van der Waals surface area contributed by atoms with Crippen LogP contribution in [0, 0.1) is 0 Å². The van der Waals surface area contributed by atoms with Crippen LogP contribution in [0.4, 0.5) is 5.69 Å². The minimum Gasteiger partial charge on any atom is -0.349 e. The van der Waals surface area contributed by atoms with Crippen molar-refractivity contribution in [2.45, 2.75) is 33.6 Å². The molecule has 0 aliphatic rings. The minimum atomic E-state index is 0.438. The molecule has 0 fully saturated rings. The number of hydrogen-bond donors (Lipinski definition) is 0. The van der Waals surface area contributed by atoms with Crippen molar-refractivity contribution >= 4 is 16.5 Å². The summed E-state index contributed by atoms with van der Waals surface area (Å²) in [4.78, 5) is 2.17. The van der Waals surface area contributed by atoms with Gasteiger partial charge in [0.05, 0.1) is 0 Å². The Hall–Kier alpha value is -2.02. The van der Waals surface area contributed by atoms with Gasteiger partial charge in [-0.2, -0.15) is 0 Å². The van der Waals surface area contributed by atoms with Crippen molar-refractivity contribution in [2.75, 3.05) is 11.4 Å². The van der Waals surface area contributed by atoms with Gasteiger partial charge >= 0.3 is 0 Å². The molecule has 2 aromatic rings. The van der Waals surface area contributed by atoms with E-state index in [4.69, 9.17) is 0 Å². The highest BCUT2D eigenvalue weighted by molar-refractivity contribution is 5.89. The zero-order valence-electron chi connectivity index (χ0n) is 13.6. The van der Waals surface area contributed by atoms with Gasteiger partial charge < -0.3 is 4.90 Å². The van der Waals surface area contributed by atoms with Crippen LogP contribution in [0.3, 0.4) is 0 Å². The molecule has 0 heterocycles. The average Bonchev–Trinajstić information content (AvgIpc) is 2.54. The first kappa shape index (κ1) is 15.4. The second-order valence-corrected chi connectivity index (χ2v) is 5.48. The molecule has 0 aliphatic heterocycles. The number of hydrogen-bond acceptors (Lipinski definition) is 1. The quantitative estimate of drug-likeness (QED) is 0.618. The van der Waals surface area contributed by atoms with Crippen LogP contribution in [0.1, 0.15) is 39.2 Å². The van der Waals surface area contributed by atoms with Gasteiger partial charge in [-0.15, -0.1) is 0 Å². The van der Waals surface area contributed by atoms with Crippen LogP contribution >= 0.6 is 0 Å². The maximum Gasteiger partial charge on any atom is 0.0412 e. The Morgan fingerprint density at radius 2 is 2.05 bits per heavy atom. The fourth-order valence-electron chi connectivity index (χ4n) is 2.75. The molecule has 0 N–H and O–H groups in total. The first-order valence-electron chi connectivity index (χ1n) is 7.67. The first-order valence-corrected chi connectivity index (χ1v) is 7.67. The summed E-state index contributed by atoms with van der Waals surface area (Å²) >= 11 is 0. The van der Waals surface area contributed by atoms with Crippen molar-refractivity contribution in [3.8, 4) is 0 Å². The zero-order chi connectivity index (χ0) is 15.4. The molecular formula is C20H25N. The molecule has 0 aliphatic carbocycles. The van der Waals surface area contributed by atoms with Crippen LogP contribution in [0.5, 0.6) is 0 Å². The van der Waals surface area contributed by atoms with E-state index < -0.39 is 0 Å². The lowest BCUT2D eigenvalue weighted by atomic mass is 9.89. The summed E-state index contributed by atoms with van der Waals surface area (Å²) in [6.07, 6.45) is 4.10. The fraction of sp³-hybridized carbons (Fsp3) is 0.300. The molecule has 21 heavy (non-hydrogen) atoms. The van der Waals surface area contributed by atoms with E-state index in [1.807, 2.05) is 6.20 Å². The molecule has 1 heteroatoms. The molecule has 0 bridgehead atoms. The van der Waals surface area contributed by atoms with Gasteiger partial charge in [0.1, 0.15) is 0 Å². The Morgan fingerprint density at radius 1 is 1.29 bits per heavy atom. The maximum absolute atomic E-state index is 3.90. The fourth-order valence-corrected chi connectivity index (χ4v) is 2.75. The number of nitrogens with zero attached hydrogens (tertiary/aromatic N) is 1. The van der Waals surface area contributed by atoms with E-state index in [1.165, 1.54) is 27.6 Å². The molecular weight excluding hydrogens is 254 g/mol. The Balaban J connectivity index is 2.61. The topological polar surface area (TPSA) is 3.24 Å². The van der Waals surface area contributed by atoms with Crippen LogP contribution in [0.15, 0.2) is 60.8 Å². The lowest BCUT2D eigenvalue weighted by molar-refractivity contribution is 0.900. The van der Waals surface area contributed by atoms with E-state index in [1.54, 1.807) is 0 Å². The van der Waals surface area contributed by atoms with Gasteiger partial charge in [-0.3, -0.25) is 0 Å². The average molecular weight is 279 g/mol. The lowest BCUT2D eigenvalue weighted by Crippen LogP contribution is -2.13. The minimum absolute atomic E-state index is 0.438. The molecule has 0 spiro atoms. The number of allylic oxidation sites excluding steroid dienone is 2. The van der Waals surface area contributed by atoms with Crippen molar-refractivity contribution in [1.29, 1.82) is 0 Å². The largest absolute Gasteiger partial charge is 0.349 e. The summed E-state index contributed by atoms with van der Waals surface area (Å²) in [6.45, 7) is 13.6. The molecule has 0 aromatic heterocycles. The van der Waals surface area contributed by atoms with E-state index in [0.717, 1.165) is 6.54 Å². The smallest absolute Gasteiger partial charge is 0.0412 e. The molecule has 2 rings (SSSR count). The van der Waals surface area contributed by atoms with Gasteiger partial charge in [0, 0.05) is 18.2 Å². The Kier molecular flexibility index (Phi) is 4.85. The van der Waals surface area contributed by atoms with Crippen LogP contribution in [-0.2, 0) is 0 Å². The first-order chi connectivity index (χ1) is 10.1. The highest BCUT2D eigenvalue weighted by Gasteiger charge is 2.12. The summed E-state index contributed by atoms with van der Waals surface area (Å²) in [7, 11) is 0. The van der Waals surface area contributed by atoms with Crippen LogP contribution in [-0.4, -0.2) is 6.54 Å². The standard InChI is InChI=1S/C20H25N/c1-6-15(4)16(5)19-11-9-10-17-12-13-18(14-20(17)19)21(7-2)8-3/h6-7,9-14,16H,2,8H2,1,3-5H3/b15-6+. The summed E-state index contributed by atoms with van der Waals surface area (Å²) in [5, 5.41) is 2.64. The molecule has 0 saturated heterocycles. The van der Waals surface area contributed by atoms with Gasteiger partial charge in [0.2, 0.25) is 0 Å². The van der Waals surface area contributed by atoms with E-state index in [0.29, 0.717) is 5.92 Å². The second kappa shape index (κ2) is 6.62. The van der Waals surface area contributed by atoms with Gasteiger partial charge in [0.15, 0.2) is 0 Å². The van der Waals surface area contributed by atoms with Crippen molar-refractivity contribution < 1.29 is 0 Å². The Morgan fingerprint density at radius 3 is 2.67 bits per heavy atom. The molecule has 1 atom stereocenters. The van der Waals surface area contributed by atoms with E-state index in [-0.39, 0.29) is 0 Å². The van der Waals surface area contributed by atoms with Gasteiger partial charge in [0.25, 0.3) is 0 Å².